The molecule has 0 spiro atoms. The van der Waals surface area contributed by atoms with Crippen molar-refractivity contribution in [1.82, 2.24) is 10.3 Å². The molecule has 0 radical (unpaired) electrons. The number of aromatic nitrogens is 1. The van der Waals surface area contributed by atoms with Crippen molar-refractivity contribution < 1.29 is 5.11 Å². The van der Waals surface area contributed by atoms with Gasteiger partial charge in [-0.15, -0.1) is 0 Å². The minimum atomic E-state index is -0.181. The van der Waals surface area contributed by atoms with Crippen LogP contribution in [0.25, 0.3) is 0 Å². The topological polar surface area (TPSA) is 45.1 Å². The van der Waals surface area contributed by atoms with Crippen LogP contribution >= 0.6 is 0 Å². The van der Waals surface area contributed by atoms with Gasteiger partial charge in [0.15, 0.2) is 0 Å². The molecule has 1 aliphatic carbocycles. The summed E-state index contributed by atoms with van der Waals surface area (Å²) >= 11 is 0. The molecular weight excluding hydrogens is 200 g/mol. The van der Waals surface area contributed by atoms with Crippen LogP contribution in [0.15, 0.2) is 18.3 Å². The van der Waals surface area contributed by atoms with E-state index in [-0.39, 0.29) is 12.1 Å². The first-order valence-electron chi connectivity index (χ1n) is 6.08. The highest BCUT2D eigenvalue weighted by molar-refractivity contribution is 5.12. The quantitative estimate of drug-likeness (QED) is 0.816. The molecule has 0 aliphatic heterocycles. The summed E-state index contributed by atoms with van der Waals surface area (Å²) in [4.78, 5) is 4.34. The zero-order valence-electron chi connectivity index (χ0n) is 9.82. The van der Waals surface area contributed by atoms with Crippen molar-refractivity contribution in [1.29, 1.82) is 0 Å². The number of rotatable bonds is 3. The van der Waals surface area contributed by atoms with Crippen molar-refractivity contribution >= 4 is 0 Å². The van der Waals surface area contributed by atoms with Gasteiger partial charge in [-0.05, 0) is 31.4 Å². The minimum Gasteiger partial charge on any atom is -0.392 e. The van der Waals surface area contributed by atoms with Gasteiger partial charge in [-0.25, -0.2) is 0 Å². The molecule has 0 bridgehead atoms. The van der Waals surface area contributed by atoms with Crippen molar-refractivity contribution in [2.75, 3.05) is 0 Å². The molecule has 16 heavy (non-hydrogen) atoms. The minimum absolute atomic E-state index is 0.181. The molecule has 3 nitrogen and oxygen atoms in total. The number of aryl methyl sites for hydroxylation is 1. The van der Waals surface area contributed by atoms with Crippen LogP contribution in [0.1, 0.15) is 36.9 Å². The van der Waals surface area contributed by atoms with Gasteiger partial charge in [-0.1, -0.05) is 18.9 Å². The van der Waals surface area contributed by atoms with E-state index in [1.165, 1.54) is 12.0 Å². The Morgan fingerprint density at radius 3 is 2.88 bits per heavy atom. The zero-order chi connectivity index (χ0) is 11.4. The summed E-state index contributed by atoms with van der Waals surface area (Å²) in [5, 5.41) is 13.2. The van der Waals surface area contributed by atoms with E-state index in [0.717, 1.165) is 31.5 Å². The lowest BCUT2D eigenvalue weighted by atomic mass is 9.92. The van der Waals surface area contributed by atoms with Crippen LogP contribution in [-0.2, 0) is 6.54 Å². The number of aliphatic hydroxyl groups is 1. The molecule has 0 aromatic carbocycles. The molecule has 2 rings (SSSR count). The number of nitrogens with zero attached hydrogens (tertiary/aromatic N) is 1. The molecule has 0 saturated heterocycles. The first-order chi connectivity index (χ1) is 7.75. The standard InChI is InChI=1S/C13H20N2O/c1-10-6-7-11(14-8-10)9-15-12-4-2-3-5-13(12)16/h6-8,12-13,15-16H,2-5,9H2,1H3. The maximum absolute atomic E-state index is 9.81. The van der Waals surface area contributed by atoms with Gasteiger partial charge in [-0.2, -0.15) is 0 Å². The highest BCUT2D eigenvalue weighted by atomic mass is 16.3. The maximum atomic E-state index is 9.81. The van der Waals surface area contributed by atoms with Gasteiger partial charge in [0.25, 0.3) is 0 Å². The maximum Gasteiger partial charge on any atom is 0.0693 e. The van der Waals surface area contributed by atoms with Gasteiger partial charge in [0.2, 0.25) is 0 Å². The highest BCUT2D eigenvalue weighted by Gasteiger charge is 2.22. The number of hydrogen-bond donors (Lipinski definition) is 2. The molecular formula is C13H20N2O. The van der Waals surface area contributed by atoms with Crippen molar-refractivity contribution in [3.63, 3.8) is 0 Å². The molecule has 1 aromatic heterocycles. The van der Waals surface area contributed by atoms with Gasteiger partial charge in [0, 0.05) is 18.8 Å². The van der Waals surface area contributed by atoms with Crippen molar-refractivity contribution in [3.05, 3.63) is 29.6 Å². The Bertz CT molecular complexity index is 323. The predicted octanol–water partition coefficient (Wildman–Crippen LogP) is 1.78. The fraction of sp³-hybridized carbons (Fsp3) is 0.615. The first kappa shape index (κ1) is 11.6. The van der Waals surface area contributed by atoms with E-state index in [2.05, 4.69) is 16.4 Å². The number of aliphatic hydroxyl groups excluding tert-OH is 1. The lowest BCUT2D eigenvalue weighted by Crippen LogP contribution is -2.41. The second kappa shape index (κ2) is 5.41. The molecule has 1 saturated carbocycles. The van der Waals surface area contributed by atoms with E-state index >= 15 is 0 Å². The van der Waals surface area contributed by atoms with E-state index in [1.54, 1.807) is 0 Å². The van der Waals surface area contributed by atoms with E-state index in [1.807, 2.05) is 19.2 Å². The molecule has 1 aliphatic rings. The van der Waals surface area contributed by atoms with Crippen LogP contribution in [0.3, 0.4) is 0 Å². The molecule has 88 valence electrons. The largest absolute Gasteiger partial charge is 0.392 e. The average molecular weight is 220 g/mol. The van der Waals surface area contributed by atoms with E-state index < -0.39 is 0 Å². The molecule has 2 unspecified atom stereocenters. The third-order valence-electron chi connectivity index (χ3n) is 3.25. The lowest BCUT2D eigenvalue weighted by molar-refractivity contribution is 0.0901. The number of nitrogens with one attached hydrogen (secondary N) is 1. The molecule has 1 aromatic rings. The summed E-state index contributed by atoms with van der Waals surface area (Å²) < 4.78 is 0. The van der Waals surface area contributed by atoms with Gasteiger partial charge in [0.1, 0.15) is 0 Å². The average Bonchev–Trinajstić information content (AvgIpc) is 2.30. The van der Waals surface area contributed by atoms with Crippen LogP contribution in [0.2, 0.25) is 0 Å². The highest BCUT2D eigenvalue weighted by Crippen LogP contribution is 2.18. The first-order valence-corrected chi connectivity index (χ1v) is 6.08. The summed E-state index contributed by atoms with van der Waals surface area (Å²) in [5.41, 5.74) is 2.23. The smallest absolute Gasteiger partial charge is 0.0693 e. The van der Waals surface area contributed by atoms with E-state index in [9.17, 15) is 5.11 Å². The Kier molecular flexibility index (Phi) is 3.91. The fourth-order valence-electron chi connectivity index (χ4n) is 2.19. The molecule has 2 N–H and O–H groups in total. The number of pyridine rings is 1. The fourth-order valence-corrected chi connectivity index (χ4v) is 2.19. The van der Waals surface area contributed by atoms with Crippen molar-refractivity contribution in [3.8, 4) is 0 Å². The summed E-state index contributed by atoms with van der Waals surface area (Å²) in [6.07, 6.45) is 6.08. The van der Waals surface area contributed by atoms with Crippen molar-refractivity contribution in [2.45, 2.75) is 51.3 Å². The third kappa shape index (κ3) is 3.03. The summed E-state index contributed by atoms with van der Waals surface area (Å²) in [5.74, 6) is 0. The second-order valence-corrected chi connectivity index (χ2v) is 4.67. The molecule has 1 heterocycles. The summed E-state index contributed by atoms with van der Waals surface area (Å²) in [6.45, 7) is 2.79. The summed E-state index contributed by atoms with van der Waals surface area (Å²) in [6, 6.07) is 4.36. The van der Waals surface area contributed by atoms with Gasteiger partial charge in [0.05, 0.1) is 11.8 Å². The molecule has 0 amide bonds. The number of hydrogen-bond acceptors (Lipinski definition) is 3. The van der Waals surface area contributed by atoms with Gasteiger partial charge < -0.3 is 10.4 Å². The third-order valence-corrected chi connectivity index (χ3v) is 3.25. The Morgan fingerprint density at radius 2 is 2.19 bits per heavy atom. The lowest BCUT2D eigenvalue weighted by Gasteiger charge is -2.28. The van der Waals surface area contributed by atoms with Crippen LogP contribution in [0.4, 0.5) is 0 Å². The summed E-state index contributed by atoms with van der Waals surface area (Å²) in [7, 11) is 0. The Balaban J connectivity index is 1.84. The Hall–Kier alpha value is -0.930. The Labute approximate surface area is 96.9 Å². The van der Waals surface area contributed by atoms with Crippen molar-refractivity contribution in [2.24, 2.45) is 0 Å². The monoisotopic (exact) mass is 220 g/mol. The van der Waals surface area contributed by atoms with Crippen LogP contribution in [0.5, 0.6) is 0 Å². The molecule has 3 heteroatoms. The second-order valence-electron chi connectivity index (χ2n) is 4.67. The van der Waals surface area contributed by atoms with Crippen LogP contribution in [-0.4, -0.2) is 22.2 Å². The van der Waals surface area contributed by atoms with Crippen LogP contribution in [0, 0.1) is 6.92 Å². The normalized spacial score (nSPS) is 25.6. The Morgan fingerprint density at radius 1 is 1.38 bits per heavy atom. The van der Waals surface area contributed by atoms with E-state index in [4.69, 9.17) is 0 Å². The SMILES string of the molecule is Cc1ccc(CNC2CCCCC2O)nc1. The molecule has 1 fully saturated rings. The van der Waals surface area contributed by atoms with E-state index in [0.29, 0.717) is 0 Å². The van der Waals surface area contributed by atoms with Crippen LogP contribution < -0.4 is 5.32 Å². The van der Waals surface area contributed by atoms with Gasteiger partial charge >= 0.3 is 0 Å². The van der Waals surface area contributed by atoms with Gasteiger partial charge in [-0.3, -0.25) is 4.98 Å². The predicted molar refractivity (Wildman–Crippen MR) is 64.1 cm³/mol. The zero-order valence-corrected chi connectivity index (χ0v) is 9.82. The molecule has 2 atom stereocenters.